The van der Waals surface area contributed by atoms with E-state index in [1.54, 1.807) is 0 Å². The number of hydrogen-bond donors (Lipinski definition) is 1. The molecule has 1 aliphatic carbocycles. The highest BCUT2D eigenvalue weighted by molar-refractivity contribution is 5.66. The average Bonchev–Trinajstić information content (AvgIpc) is 2.72. The largest absolute Gasteiger partial charge is 0.513 e. The number of carbonyl (C=O) groups excluding carboxylic acids is 1. The van der Waals surface area contributed by atoms with Crippen LogP contribution in [-0.4, -0.2) is 17.9 Å². The van der Waals surface area contributed by atoms with Gasteiger partial charge < -0.3 is 14.6 Å². The molecule has 0 saturated carbocycles. The summed E-state index contributed by atoms with van der Waals surface area (Å²) in [6.45, 7) is 17.0. The third kappa shape index (κ3) is 7.15. The molecule has 4 heteroatoms. The summed E-state index contributed by atoms with van der Waals surface area (Å²) in [4.78, 5) is 12.6. The summed E-state index contributed by atoms with van der Waals surface area (Å²) in [5, 5.41) is 11.1. The molecule has 2 atom stereocenters. The quantitative estimate of drug-likeness (QED) is 0.172. The van der Waals surface area contributed by atoms with E-state index >= 15 is 0 Å². The first-order chi connectivity index (χ1) is 15.1. The molecule has 1 aromatic rings. The van der Waals surface area contributed by atoms with Gasteiger partial charge in [0.1, 0.15) is 18.1 Å². The van der Waals surface area contributed by atoms with Gasteiger partial charge in [-0.05, 0) is 75.0 Å². The maximum atomic E-state index is 12.6. The van der Waals surface area contributed by atoms with Gasteiger partial charge in [-0.25, -0.2) is 4.79 Å². The molecule has 178 valence electrons. The number of phenolic OH excluding ortho intramolecular Hbond substituents is 1. The second kappa shape index (κ2) is 11.6. The van der Waals surface area contributed by atoms with E-state index in [4.69, 9.17) is 9.47 Å². The number of rotatable bonds is 10. The van der Waals surface area contributed by atoms with E-state index < -0.39 is 6.16 Å². The Kier molecular flexibility index (Phi) is 9.42. The number of hydrogen-bond acceptors (Lipinski definition) is 4. The average molecular weight is 443 g/mol. The Hall–Kier alpha value is -2.23. The van der Waals surface area contributed by atoms with Crippen LogP contribution in [0.25, 0.3) is 0 Å². The molecule has 0 heterocycles. The monoisotopic (exact) mass is 442 g/mol. The standard InChI is InChI=1S/C28H42O4/c1-8-10-11-12-21-16-24(29)26(23-15-20(5)13-14-22(23)19(3)4)25(17-21)32-27(30)31-18-28(6,7)9-2/h15-17,22-23,29H,3,8-14,18H2,1-2,4-7H3/t22-,23+/m0/s1. The molecule has 2 rings (SSSR count). The van der Waals surface area contributed by atoms with Gasteiger partial charge in [-0.2, -0.15) is 0 Å². The minimum Gasteiger partial charge on any atom is -0.507 e. The minimum atomic E-state index is -0.721. The molecular weight excluding hydrogens is 400 g/mol. The van der Waals surface area contributed by atoms with Crippen LogP contribution in [0.15, 0.2) is 35.9 Å². The molecule has 1 aromatic carbocycles. The number of allylic oxidation sites excluding steroid dienone is 3. The maximum Gasteiger partial charge on any atom is 0.513 e. The number of ether oxygens (including phenoxy) is 2. The summed E-state index contributed by atoms with van der Waals surface area (Å²) in [5.74, 6) is 0.685. The van der Waals surface area contributed by atoms with E-state index in [0.717, 1.165) is 56.1 Å². The van der Waals surface area contributed by atoms with Gasteiger partial charge in [-0.1, -0.05) is 64.3 Å². The fraction of sp³-hybridized carbons (Fsp3) is 0.607. The number of aromatic hydroxyl groups is 1. The van der Waals surface area contributed by atoms with Gasteiger partial charge >= 0.3 is 6.16 Å². The number of aryl methyl sites for hydroxylation is 1. The third-order valence-corrected chi connectivity index (χ3v) is 6.69. The highest BCUT2D eigenvalue weighted by atomic mass is 16.7. The van der Waals surface area contributed by atoms with Crippen LogP contribution in [0, 0.1) is 11.3 Å². The first-order valence-electron chi connectivity index (χ1n) is 12.1. The lowest BCUT2D eigenvalue weighted by molar-refractivity contribution is 0.0614. The molecule has 1 aliphatic rings. The van der Waals surface area contributed by atoms with Crippen LogP contribution in [0.4, 0.5) is 4.79 Å². The zero-order valence-corrected chi connectivity index (χ0v) is 20.9. The van der Waals surface area contributed by atoms with Crippen LogP contribution in [0.3, 0.4) is 0 Å². The van der Waals surface area contributed by atoms with Crippen LogP contribution >= 0.6 is 0 Å². The molecule has 0 aromatic heterocycles. The van der Waals surface area contributed by atoms with Gasteiger partial charge in [0.25, 0.3) is 0 Å². The highest BCUT2D eigenvalue weighted by Gasteiger charge is 2.31. The number of unbranched alkanes of at least 4 members (excludes halogenated alkanes) is 2. The van der Waals surface area contributed by atoms with Crippen molar-refractivity contribution in [2.24, 2.45) is 11.3 Å². The predicted molar refractivity (Wildman–Crippen MR) is 131 cm³/mol. The zero-order valence-electron chi connectivity index (χ0n) is 20.9. The minimum absolute atomic E-state index is 0.0826. The predicted octanol–water partition coefficient (Wildman–Crippen LogP) is 8.09. The van der Waals surface area contributed by atoms with Crippen molar-refractivity contribution in [1.29, 1.82) is 0 Å². The van der Waals surface area contributed by atoms with Crippen molar-refractivity contribution in [1.82, 2.24) is 0 Å². The van der Waals surface area contributed by atoms with Crippen LogP contribution in [0.1, 0.15) is 97.1 Å². The van der Waals surface area contributed by atoms with E-state index in [0.29, 0.717) is 11.3 Å². The summed E-state index contributed by atoms with van der Waals surface area (Å²) < 4.78 is 11.2. The van der Waals surface area contributed by atoms with Crippen molar-refractivity contribution < 1.29 is 19.4 Å². The summed E-state index contributed by atoms with van der Waals surface area (Å²) in [7, 11) is 0. The topological polar surface area (TPSA) is 55.8 Å². The number of phenols is 1. The van der Waals surface area contributed by atoms with Crippen molar-refractivity contribution in [2.45, 2.75) is 92.4 Å². The van der Waals surface area contributed by atoms with Gasteiger partial charge in [0, 0.05) is 11.5 Å². The molecule has 1 N–H and O–H groups in total. The molecule has 0 spiro atoms. The van der Waals surface area contributed by atoms with Crippen LogP contribution < -0.4 is 4.74 Å². The van der Waals surface area contributed by atoms with E-state index in [1.165, 1.54) is 5.57 Å². The normalized spacial score (nSPS) is 18.8. The highest BCUT2D eigenvalue weighted by Crippen LogP contribution is 2.47. The Morgan fingerprint density at radius 3 is 2.59 bits per heavy atom. The second-order valence-electron chi connectivity index (χ2n) is 10.2. The van der Waals surface area contributed by atoms with Crippen LogP contribution in [-0.2, 0) is 11.2 Å². The summed E-state index contributed by atoms with van der Waals surface area (Å²) in [6, 6.07) is 3.74. The number of benzene rings is 1. The molecule has 0 radical (unpaired) electrons. The lowest BCUT2D eigenvalue weighted by Crippen LogP contribution is -2.23. The van der Waals surface area contributed by atoms with Crippen molar-refractivity contribution >= 4 is 6.16 Å². The van der Waals surface area contributed by atoms with Crippen LogP contribution in [0.5, 0.6) is 11.5 Å². The first kappa shape index (κ1) is 26.0. The smallest absolute Gasteiger partial charge is 0.507 e. The van der Waals surface area contributed by atoms with E-state index in [2.05, 4.69) is 47.3 Å². The SMILES string of the molecule is C=C(C)[C@@H]1CCC(C)=C[C@H]1c1c(O)cc(CCCCC)cc1OC(=O)OCC(C)(C)CC. The van der Waals surface area contributed by atoms with E-state index in [1.807, 2.05) is 19.1 Å². The molecule has 0 unspecified atom stereocenters. The molecule has 32 heavy (non-hydrogen) atoms. The Morgan fingerprint density at radius 1 is 1.25 bits per heavy atom. The third-order valence-electron chi connectivity index (χ3n) is 6.69. The number of carbonyl (C=O) groups is 1. The Labute approximate surface area is 194 Å². The molecule has 0 bridgehead atoms. The molecule has 0 fully saturated rings. The molecule has 4 nitrogen and oxygen atoms in total. The fourth-order valence-corrected chi connectivity index (χ4v) is 4.19. The first-order valence-corrected chi connectivity index (χ1v) is 12.1. The van der Waals surface area contributed by atoms with Gasteiger partial charge in [0.2, 0.25) is 0 Å². The van der Waals surface area contributed by atoms with Gasteiger partial charge in [-0.3, -0.25) is 0 Å². The Bertz CT molecular complexity index is 834. The molecule has 0 saturated heterocycles. The van der Waals surface area contributed by atoms with Crippen molar-refractivity contribution in [2.75, 3.05) is 6.61 Å². The molecule has 0 amide bonds. The van der Waals surface area contributed by atoms with Crippen molar-refractivity contribution in [3.05, 3.63) is 47.1 Å². The molecular formula is C28H42O4. The van der Waals surface area contributed by atoms with Crippen LogP contribution in [0.2, 0.25) is 0 Å². The van der Waals surface area contributed by atoms with Gasteiger partial charge in [0.15, 0.2) is 0 Å². The van der Waals surface area contributed by atoms with Crippen molar-refractivity contribution in [3.8, 4) is 11.5 Å². The lowest BCUT2D eigenvalue weighted by atomic mass is 9.73. The maximum absolute atomic E-state index is 12.6. The van der Waals surface area contributed by atoms with Gasteiger partial charge in [0.05, 0.1) is 0 Å². The van der Waals surface area contributed by atoms with Crippen molar-refractivity contribution in [3.63, 3.8) is 0 Å². The van der Waals surface area contributed by atoms with E-state index in [-0.39, 0.29) is 29.6 Å². The summed E-state index contributed by atoms with van der Waals surface area (Å²) >= 11 is 0. The summed E-state index contributed by atoms with van der Waals surface area (Å²) in [5.41, 5.74) is 3.86. The molecule has 0 aliphatic heterocycles. The fourth-order valence-electron chi connectivity index (χ4n) is 4.19. The Morgan fingerprint density at radius 2 is 1.97 bits per heavy atom. The summed E-state index contributed by atoms with van der Waals surface area (Å²) in [6.07, 6.45) is 8.44. The second-order valence-corrected chi connectivity index (χ2v) is 10.2. The van der Waals surface area contributed by atoms with Gasteiger partial charge in [-0.15, -0.1) is 0 Å². The lowest BCUT2D eigenvalue weighted by Gasteiger charge is -2.32. The Balaban J connectivity index is 2.41. The van der Waals surface area contributed by atoms with E-state index in [9.17, 15) is 9.90 Å². The zero-order chi connectivity index (χ0) is 23.9.